The van der Waals surface area contributed by atoms with Gasteiger partial charge in [0.05, 0.1) is 11.9 Å². The highest BCUT2D eigenvalue weighted by Gasteiger charge is 2.35. The van der Waals surface area contributed by atoms with Crippen LogP contribution in [0.2, 0.25) is 0 Å². The predicted molar refractivity (Wildman–Crippen MR) is 97.0 cm³/mol. The number of anilines is 2. The minimum absolute atomic E-state index is 0.00275. The normalized spacial score (nSPS) is 17.8. The molecule has 0 saturated carbocycles. The highest BCUT2D eigenvalue weighted by Crippen LogP contribution is 2.31. The van der Waals surface area contributed by atoms with E-state index in [4.69, 9.17) is 4.74 Å². The second-order valence-electron chi connectivity index (χ2n) is 6.81. The number of nitrogens with one attached hydrogen (secondary N) is 1. The Morgan fingerprint density at radius 3 is 2.73 bits per heavy atom. The molecule has 1 aliphatic heterocycles. The predicted octanol–water partition coefficient (Wildman–Crippen LogP) is 2.14. The number of nitrogens with zero attached hydrogens (tertiary/aromatic N) is 5. The first-order chi connectivity index (χ1) is 12.5. The van der Waals surface area contributed by atoms with Gasteiger partial charge in [0.1, 0.15) is 11.4 Å². The van der Waals surface area contributed by atoms with Crippen LogP contribution < -0.4 is 5.32 Å². The van der Waals surface area contributed by atoms with Gasteiger partial charge in [0.25, 0.3) is 5.91 Å². The van der Waals surface area contributed by atoms with Crippen LogP contribution in [0.15, 0.2) is 31.0 Å². The molecule has 1 amide bonds. The fourth-order valence-corrected chi connectivity index (χ4v) is 3.08. The van der Waals surface area contributed by atoms with Gasteiger partial charge in [-0.1, -0.05) is 0 Å². The lowest BCUT2D eigenvalue weighted by molar-refractivity contribution is -0.152. The van der Waals surface area contributed by atoms with Crippen molar-refractivity contribution in [3.05, 3.63) is 36.7 Å². The number of piperidine rings is 1. The SMILES string of the molecule is COC(C)(C)C(=O)N1CCCC(c2nccnc2Nc2cnccn2)C1. The number of carbonyl (C=O) groups excluding carboxylic acids is 1. The number of aromatic nitrogens is 4. The van der Waals surface area contributed by atoms with Gasteiger partial charge in [-0.3, -0.25) is 14.8 Å². The summed E-state index contributed by atoms with van der Waals surface area (Å²) in [6, 6.07) is 0. The Bertz CT molecular complexity index is 752. The van der Waals surface area contributed by atoms with E-state index in [9.17, 15) is 4.79 Å². The van der Waals surface area contributed by atoms with Crippen LogP contribution >= 0.6 is 0 Å². The first kappa shape index (κ1) is 18.2. The number of hydrogen-bond acceptors (Lipinski definition) is 7. The van der Waals surface area contributed by atoms with Crippen molar-refractivity contribution >= 4 is 17.5 Å². The minimum Gasteiger partial charge on any atom is -0.369 e. The standard InChI is InChI=1S/C18H24N6O2/c1-18(2,26-3)17(25)24-10-4-5-13(12-24)15-16(22-9-8-21-15)23-14-11-19-6-7-20-14/h6-9,11,13H,4-5,10,12H2,1-3H3,(H,20,22,23). The van der Waals surface area contributed by atoms with E-state index >= 15 is 0 Å². The van der Waals surface area contributed by atoms with Crippen molar-refractivity contribution in [3.8, 4) is 0 Å². The molecule has 2 aromatic heterocycles. The van der Waals surface area contributed by atoms with E-state index in [1.54, 1.807) is 51.9 Å². The molecule has 0 bridgehead atoms. The summed E-state index contributed by atoms with van der Waals surface area (Å²) in [6.07, 6.45) is 10.1. The summed E-state index contributed by atoms with van der Waals surface area (Å²) in [4.78, 5) is 31.8. The maximum Gasteiger partial charge on any atom is 0.254 e. The van der Waals surface area contributed by atoms with Crippen molar-refractivity contribution in [1.82, 2.24) is 24.8 Å². The zero-order valence-corrected chi connectivity index (χ0v) is 15.3. The van der Waals surface area contributed by atoms with Crippen LogP contribution in [-0.4, -0.2) is 56.5 Å². The molecule has 0 spiro atoms. The maximum absolute atomic E-state index is 12.7. The van der Waals surface area contributed by atoms with Gasteiger partial charge in [-0.2, -0.15) is 0 Å². The third kappa shape index (κ3) is 3.96. The van der Waals surface area contributed by atoms with Gasteiger partial charge in [0.2, 0.25) is 0 Å². The van der Waals surface area contributed by atoms with Crippen molar-refractivity contribution in [3.63, 3.8) is 0 Å². The molecule has 2 aromatic rings. The van der Waals surface area contributed by atoms with Crippen molar-refractivity contribution in [2.45, 2.75) is 38.2 Å². The number of ether oxygens (including phenoxy) is 1. The average molecular weight is 356 g/mol. The summed E-state index contributed by atoms with van der Waals surface area (Å²) in [5.74, 6) is 1.36. The number of likely N-dealkylation sites (tertiary alicyclic amines) is 1. The zero-order valence-electron chi connectivity index (χ0n) is 15.3. The number of rotatable bonds is 5. The smallest absolute Gasteiger partial charge is 0.254 e. The Kier molecular flexibility index (Phi) is 5.41. The highest BCUT2D eigenvalue weighted by molar-refractivity contribution is 5.84. The molecule has 0 aromatic carbocycles. The molecule has 3 heterocycles. The molecule has 1 fully saturated rings. The van der Waals surface area contributed by atoms with Gasteiger partial charge < -0.3 is 15.0 Å². The topological polar surface area (TPSA) is 93.1 Å². The molecule has 1 aliphatic rings. The molecule has 8 nitrogen and oxygen atoms in total. The molecular weight excluding hydrogens is 332 g/mol. The summed E-state index contributed by atoms with van der Waals surface area (Å²) in [5.41, 5.74) is 0.0104. The fraction of sp³-hybridized carbons (Fsp3) is 0.500. The van der Waals surface area contributed by atoms with Crippen LogP contribution in [0.3, 0.4) is 0 Å². The molecule has 0 aliphatic carbocycles. The van der Waals surface area contributed by atoms with Crippen molar-refractivity contribution in [2.75, 3.05) is 25.5 Å². The molecule has 8 heteroatoms. The summed E-state index contributed by atoms with van der Waals surface area (Å²) < 4.78 is 5.35. The van der Waals surface area contributed by atoms with Gasteiger partial charge in [-0.15, -0.1) is 0 Å². The molecule has 1 N–H and O–H groups in total. The van der Waals surface area contributed by atoms with E-state index in [1.165, 1.54) is 0 Å². The quantitative estimate of drug-likeness (QED) is 0.877. The van der Waals surface area contributed by atoms with E-state index < -0.39 is 5.60 Å². The molecule has 26 heavy (non-hydrogen) atoms. The van der Waals surface area contributed by atoms with E-state index in [2.05, 4.69) is 25.3 Å². The summed E-state index contributed by atoms with van der Waals surface area (Å²) in [7, 11) is 1.56. The molecule has 1 unspecified atom stereocenters. The first-order valence-electron chi connectivity index (χ1n) is 8.69. The zero-order chi connectivity index (χ0) is 18.6. The van der Waals surface area contributed by atoms with Crippen LogP contribution in [0.1, 0.15) is 38.3 Å². The number of hydrogen-bond donors (Lipinski definition) is 1. The lowest BCUT2D eigenvalue weighted by Gasteiger charge is -2.37. The Balaban J connectivity index is 1.80. The van der Waals surface area contributed by atoms with Crippen molar-refractivity contribution in [1.29, 1.82) is 0 Å². The van der Waals surface area contributed by atoms with Gasteiger partial charge in [0, 0.05) is 50.9 Å². The highest BCUT2D eigenvalue weighted by atomic mass is 16.5. The van der Waals surface area contributed by atoms with Gasteiger partial charge in [0.15, 0.2) is 5.82 Å². The van der Waals surface area contributed by atoms with E-state index in [-0.39, 0.29) is 11.8 Å². The number of amides is 1. The molecule has 1 atom stereocenters. The van der Waals surface area contributed by atoms with Crippen LogP contribution in [0, 0.1) is 0 Å². The average Bonchev–Trinajstić information content (AvgIpc) is 2.68. The Morgan fingerprint density at radius 1 is 1.23 bits per heavy atom. The molecule has 3 rings (SSSR count). The lowest BCUT2D eigenvalue weighted by Crippen LogP contribution is -2.49. The van der Waals surface area contributed by atoms with E-state index in [0.29, 0.717) is 18.2 Å². The van der Waals surface area contributed by atoms with Crippen LogP contribution in [0.4, 0.5) is 11.6 Å². The van der Waals surface area contributed by atoms with Crippen LogP contribution in [-0.2, 0) is 9.53 Å². The van der Waals surface area contributed by atoms with E-state index in [1.807, 2.05) is 4.90 Å². The van der Waals surface area contributed by atoms with Crippen LogP contribution in [0.5, 0.6) is 0 Å². The lowest BCUT2D eigenvalue weighted by atomic mass is 9.93. The third-order valence-corrected chi connectivity index (χ3v) is 4.66. The van der Waals surface area contributed by atoms with Crippen molar-refractivity contribution in [2.24, 2.45) is 0 Å². The van der Waals surface area contributed by atoms with Gasteiger partial charge >= 0.3 is 0 Å². The third-order valence-electron chi connectivity index (χ3n) is 4.66. The molecule has 138 valence electrons. The summed E-state index contributed by atoms with van der Waals surface area (Å²) >= 11 is 0. The molecule has 1 saturated heterocycles. The fourth-order valence-electron chi connectivity index (χ4n) is 3.08. The Labute approximate surface area is 153 Å². The van der Waals surface area contributed by atoms with Gasteiger partial charge in [-0.25, -0.2) is 9.97 Å². The summed E-state index contributed by atoms with van der Waals surface area (Å²) in [5, 5.41) is 3.18. The minimum atomic E-state index is -0.828. The summed E-state index contributed by atoms with van der Waals surface area (Å²) in [6.45, 7) is 4.92. The number of methoxy groups -OCH3 is 1. The molecule has 0 radical (unpaired) electrons. The largest absolute Gasteiger partial charge is 0.369 e. The Hall–Kier alpha value is -2.61. The Morgan fingerprint density at radius 2 is 2.00 bits per heavy atom. The first-order valence-corrected chi connectivity index (χ1v) is 8.69. The van der Waals surface area contributed by atoms with E-state index in [0.717, 1.165) is 25.1 Å². The molecular formula is C18H24N6O2. The van der Waals surface area contributed by atoms with Crippen LogP contribution in [0.25, 0.3) is 0 Å². The number of carbonyl (C=O) groups is 1. The van der Waals surface area contributed by atoms with Gasteiger partial charge in [-0.05, 0) is 26.7 Å². The second kappa shape index (κ2) is 7.74. The van der Waals surface area contributed by atoms with Crippen molar-refractivity contribution < 1.29 is 9.53 Å². The second-order valence-corrected chi connectivity index (χ2v) is 6.81. The monoisotopic (exact) mass is 356 g/mol. The maximum atomic E-state index is 12.7.